The third-order valence-electron chi connectivity index (χ3n) is 0.865. The Labute approximate surface area is 92.9 Å². The van der Waals surface area contributed by atoms with Gasteiger partial charge in [-0.25, -0.2) is 0 Å². The molecule has 0 N–H and O–H groups in total. The Balaban J connectivity index is 3.47. The van der Waals surface area contributed by atoms with Crippen molar-refractivity contribution in [1.29, 1.82) is 0 Å². The fraction of sp³-hybridized carbons (Fsp3) is 0.500. The SMILES string of the molecule is [2H]C([2H])([2H])C(Oc1ccc(Br)nn1)(C([2H])([2H])[2H])C([2H])([2H])[2H]. The van der Waals surface area contributed by atoms with Gasteiger partial charge in [0, 0.05) is 18.4 Å². The number of ether oxygens (including phenoxy) is 1. The van der Waals surface area contributed by atoms with Crippen molar-refractivity contribution >= 4 is 15.9 Å². The van der Waals surface area contributed by atoms with Gasteiger partial charge in [0.05, 0.1) is 0 Å². The van der Waals surface area contributed by atoms with Crippen LogP contribution in [0.15, 0.2) is 16.7 Å². The zero-order valence-electron chi connectivity index (χ0n) is 14.8. The first-order valence-electron chi connectivity index (χ1n) is 7.41. The van der Waals surface area contributed by atoms with Crippen LogP contribution >= 0.6 is 15.9 Å². The number of hydrogen-bond acceptors (Lipinski definition) is 3. The second-order valence-electron chi connectivity index (χ2n) is 1.98. The summed E-state index contributed by atoms with van der Waals surface area (Å²) in [7, 11) is 0. The zero-order chi connectivity index (χ0) is 16.7. The summed E-state index contributed by atoms with van der Waals surface area (Å²) in [5.41, 5.74) is -3.41. The molecule has 0 atom stereocenters. The molecular formula is C8H11BrN2O. The van der Waals surface area contributed by atoms with Gasteiger partial charge >= 0.3 is 0 Å². The molecule has 1 heterocycles. The Morgan fingerprint density at radius 3 is 2.67 bits per heavy atom. The summed E-state index contributed by atoms with van der Waals surface area (Å²) in [5, 5.41) is 6.93. The summed E-state index contributed by atoms with van der Waals surface area (Å²) < 4.78 is 71.5. The predicted octanol–water partition coefficient (Wildman–Crippen LogP) is 2.42. The van der Waals surface area contributed by atoms with Crippen molar-refractivity contribution in [2.75, 3.05) is 0 Å². The number of halogens is 1. The summed E-state index contributed by atoms with van der Waals surface area (Å²) in [6.07, 6.45) is 0. The smallest absolute Gasteiger partial charge is 0.233 e. The number of aromatic nitrogens is 2. The molecule has 1 rings (SSSR count). The standard InChI is InChI=1S/C8H11BrN2O/c1-8(2,3)12-7-5-4-6(9)10-11-7/h4-5H,1-3H3/i1D3,2D3,3D3. The Hall–Kier alpha value is -0.640. The molecule has 0 fully saturated rings. The average Bonchev–Trinajstić information content (AvgIpc) is 2.22. The molecule has 0 saturated heterocycles. The average molecular weight is 240 g/mol. The lowest BCUT2D eigenvalue weighted by molar-refractivity contribution is 0.122. The van der Waals surface area contributed by atoms with Crippen LogP contribution in [0.25, 0.3) is 0 Å². The molecule has 0 aliphatic rings. The topological polar surface area (TPSA) is 35.0 Å². The highest BCUT2D eigenvalue weighted by Gasteiger charge is 2.12. The second-order valence-corrected chi connectivity index (χ2v) is 2.79. The Kier molecular flexibility index (Phi) is 0.831. The van der Waals surface area contributed by atoms with Crippen molar-refractivity contribution in [2.24, 2.45) is 0 Å². The minimum absolute atomic E-state index is 0.289. The van der Waals surface area contributed by atoms with E-state index >= 15 is 0 Å². The van der Waals surface area contributed by atoms with E-state index in [0.717, 1.165) is 6.07 Å². The van der Waals surface area contributed by atoms with Crippen LogP contribution in [0.3, 0.4) is 0 Å². The van der Waals surface area contributed by atoms with Crippen LogP contribution in [0.1, 0.15) is 32.9 Å². The second kappa shape index (κ2) is 3.39. The van der Waals surface area contributed by atoms with Crippen LogP contribution in [0, 0.1) is 0 Å². The van der Waals surface area contributed by atoms with Crippen molar-refractivity contribution in [3.05, 3.63) is 16.7 Å². The van der Waals surface area contributed by atoms with Crippen molar-refractivity contribution in [2.45, 2.75) is 26.2 Å². The predicted molar refractivity (Wildman–Crippen MR) is 50.1 cm³/mol. The molecule has 0 aromatic carbocycles. The molecule has 0 radical (unpaired) electrons. The number of hydrogen-bond donors (Lipinski definition) is 0. The van der Waals surface area contributed by atoms with E-state index in [1.165, 1.54) is 6.07 Å². The van der Waals surface area contributed by atoms with E-state index < -0.39 is 32.0 Å². The van der Waals surface area contributed by atoms with Crippen LogP contribution in [-0.2, 0) is 0 Å². The lowest BCUT2D eigenvalue weighted by atomic mass is 10.2. The maximum absolute atomic E-state index is 7.37. The summed E-state index contributed by atoms with van der Waals surface area (Å²) in [6, 6.07) is 2.43. The van der Waals surface area contributed by atoms with Gasteiger partial charge in [-0.1, -0.05) is 0 Å². The van der Waals surface area contributed by atoms with Gasteiger partial charge in [-0.2, -0.15) is 0 Å². The van der Waals surface area contributed by atoms with Crippen LogP contribution in [-0.4, -0.2) is 15.8 Å². The number of rotatable bonds is 1. The Bertz CT molecular complexity index is 456. The lowest BCUT2D eigenvalue weighted by Gasteiger charge is -2.19. The molecule has 66 valence electrons. The van der Waals surface area contributed by atoms with Gasteiger partial charge in [0.15, 0.2) is 0 Å². The maximum Gasteiger partial charge on any atom is 0.233 e. The molecule has 1 aromatic rings. The highest BCUT2D eigenvalue weighted by atomic mass is 79.9. The minimum Gasteiger partial charge on any atom is -0.471 e. The van der Waals surface area contributed by atoms with Gasteiger partial charge < -0.3 is 4.74 Å². The minimum atomic E-state index is -3.45. The van der Waals surface area contributed by atoms with Crippen LogP contribution in [0.5, 0.6) is 5.88 Å². The Morgan fingerprint density at radius 2 is 2.17 bits per heavy atom. The van der Waals surface area contributed by atoms with E-state index in [2.05, 4.69) is 26.1 Å². The van der Waals surface area contributed by atoms with E-state index in [1.807, 2.05) is 0 Å². The summed E-state index contributed by atoms with van der Waals surface area (Å²) in [4.78, 5) is 0. The molecule has 4 heteroatoms. The molecule has 0 bridgehead atoms. The van der Waals surface area contributed by atoms with Gasteiger partial charge in [0.2, 0.25) is 5.88 Å². The van der Waals surface area contributed by atoms with Crippen LogP contribution < -0.4 is 4.74 Å². The van der Waals surface area contributed by atoms with Gasteiger partial charge in [-0.05, 0) is 42.6 Å². The molecule has 3 nitrogen and oxygen atoms in total. The zero-order valence-corrected chi connectivity index (χ0v) is 7.42. The third kappa shape index (κ3) is 3.17. The third-order valence-corrected chi connectivity index (χ3v) is 1.29. The van der Waals surface area contributed by atoms with Crippen molar-refractivity contribution in [1.82, 2.24) is 10.2 Å². The first kappa shape index (κ1) is 2.94. The lowest BCUT2D eigenvalue weighted by Crippen LogP contribution is -2.23. The summed E-state index contributed by atoms with van der Waals surface area (Å²) in [6.45, 7) is -10.3. The summed E-state index contributed by atoms with van der Waals surface area (Å²) >= 11 is 2.98. The van der Waals surface area contributed by atoms with Gasteiger partial charge in [-0.15, -0.1) is 10.2 Å². The highest BCUT2D eigenvalue weighted by molar-refractivity contribution is 9.10. The first-order chi connectivity index (χ1) is 9.22. The monoisotopic (exact) mass is 239 g/mol. The molecule has 0 amide bonds. The largest absolute Gasteiger partial charge is 0.471 e. The Morgan fingerprint density at radius 1 is 1.42 bits per heavy atom. The molecule has 0 unspecified atom stereocenters. The van der Waals surface area contributed by atoms with Crippen molar-refractivity contribution in [3.8, 4) is 5.88 Å². The van der Waals surface area contributed by atoms with Gasteiger partial charge in [0.25, 0.3) is 0 Å². The fourth-order valence-electron chi connectivity index (χ4n) is 0.515. The van der Waals surface area contributed by atoms with Gasteiger partial charge in [-0.3, -0.25) is 0 Å². The normalized spacial score (nSPS) is 25.6. The number of nitrogens with zero attached hydrogens (tertiary/aromatic N) is 2. The molecule has 0 saturated carbocycles. The van der Waals surface area contributed by atoms with Gasteiger partial charge in [0.1, 0.15) is 10.2 Å². The van der Waals surface area contributed by atoms with E-state index in [0.29, 0.717) is 0 Å². The van der Waals surface area contributed by atoms with E-state index in [4.69, 9.17) is 17.1 Å². The maximum atomic E-state index is 7.37. The van der Waals surface area contributed by atoms with E-state index in [1.54, 1.807) is 0 Å². The van der Waals surface area contributed by atoms with E-state index in [9.17, 15) is 0 Å². The van der Waals surface area contributed by atoms with Crippen LogP contribution in [0.2, 0.25) is 0 Å². The molecule has 0 spiro atoms. The summed E-state index contributed by atoms with van der Waals surface area (Å²) in [5.74, 6) is -0.512. The molecule has 0 aliphatic heterocycles. The van der Waals surface area contributed by atoms with Crippen molar-refractivity contribution < 1.29 is 17.1 Å². The fourth-order valence-corrected chi connectivity index (χ4v) is 0.727. The molecule has 1 aromatic heterocycles. The van der Waals surface area contributed by atoms with Crippen LogP contribution in [0.4, 0.5) is 0 Å². The van der Waals surface area contributed by atoms with E-state index in [-0.39, 0.29) is 4.60 Å². The molecule has 0 aliphatic carbocycles. The molecular weight excluding hydrogens is 220 g/mol. The quantitative estimate of drug-likeness (QED) is 0.756. The first-order valence-corrected chi connectivity index (χ1v) is 3.70. The van der Waals surface area contributed by atoms with Crippen molar-refractivity contribution in [3.63, 3.8) is 0 Å². The molecule has 12 heavy (non-hydrogen) atoms. The highest BCUT2D eigenvalue weighted by Crippen LogP contribution is 2.15.